The monoisotopic (exact) mass is 264 g/mol. The summed E-state index contributed by atoms with van der Waals surface area (Å²) < 4.78 is 4.95. The minimum atomic E-state index is -0.904. The first-order valence-electron chi connectivity index (χ1n) is 5.36. The molecule has 5 nitrogen and oxygen atoms in total. The maximum absolute atomic E-state index is 10.4. The average molecular weight is 264 g/mol. The Hall–Kier alpha value is -1.82. The van der Waals surface area contributed by atoms with Crippen LogP contribution in [0.1, 0.15) is 17.0 Å². The van der Waals surface area contributed by atoms with Crippen molar-refractivity contribution in [1.29, 1.82) is 0 Å². The Balaban J connectivity index is 1.97. The van der Waals surface area contributed by atoms with E-state index in [1.165, 1.54) is 5.56 Å². The number of thioether (sulfide) groups is 1. The summed E-state index contributed by atoms with van der Waals surface area (Å²) in [4.78, 5) is 14.5. The molecule has 0 spiro atoms. The topological polar surface area (TPSA) is 76.2 Å². The molecule has 0 bridgehead atoms. The van der Waals surface area contributed by atoms with Crippen LogP contribution in [0.25, 0.3) is 0 Å². The van der Waals surface area contributed by atoms with Gasteiger partial charge in [0.25, 0.3) is 5.22 Å². The van der Waals surface area contributed by atoms with Crippen molar-refractivity contribution in [2.45, 2.75) is 18.6 Å². The zero-order chi connectivity index (χ0) is 13.0. The summed E-state index contributed by atoms with van der Waals surface area (Å²) in [5.41, 5.74) is 2.29. The second-order valence-electron chi connectivity index (χ2n) is 3.82. The number of benzene rings is 1. The lowest BCUT2D eigenvalue weighted by atomic mass is 10.1. The third-order valence-corrected chi connectivity index (χ3v) is 3.06. The van der Waals surface area contributed by atoms with Crippen LogP contribution in [0.3, 0.4) is 0 Å². The molecule has 94 valence electrons. The van der Waals surface area contributed by atoms with Crippen LogP contribution in [0.4, 0.5) is 0 Å². The maximum atomic E-state index is 10.4. The predicted octanol–water partition coefficient (Wildman–Crippen LogP) is 2.15. The van der Waals surface area contributed by atoms with Crippen molar-refractivity contribution in [2.75, 3.05) is 5.75 Å². The van der Waals surface area contributed by atoms with Gasteiger partial charge in [-0.1, -0.05) is 46.7 Å². The molecule has 2 aromatic rings. The van der Waals surface area contributed by atoms with Gasteiger partial charge in [0, 0.05) is 6.42 Å². The number of carboxylic acids is 1. The molecule has 1 aromatic carbocycles. The van der Waals surface area contributed by atoms with Crippen molar-refractivity contribution in [3.05, 3.63) is 41.2 Å². The van der Waals surface area contributed by atoms with Crippen LogP contribution < -0.4 is 0 Å². The van der Waals surface area contributed by atoms with Gasteiger partial charge in [-0.25, -0.2) is 0 Å². The van der Waals surface area contributed by atoms with E-state index in [0.29, 0.717) is 17.5 Å². The second kappa shape index (κ2) is 5.68. The smallest absolute Gasteiger partial charge is 0.314 e. The average Bonchev–Trinajstić information content (AvgIpc) is 2.77. The van der Waals surface area contributed by atoms with Crippen molar-refractivity contribution >= 4 is 17.7 Å². The maximum Gasteiger partial charge on any atom is 0.314 e. The van der Waals surface area contributed by atoms with E-state index in [1.54, 1.807) is 0 Å². The molecule has 0 saturated heterocycles. The van der Waals surface area contributed by atoms with Gasteiger partial charge in [-0.15, -0.1) is 0 Å². The quantitative estimate of drug-likeness (QED) is 0.834. The Morgan fingerprint density at radius 3 is 2.78 bits per heavy atom. The number of nitrogens with zero attached hydrogens (tertiary/aromatic N) is 2. The van der Waals surface area contributed by atoms with Gasteiger partial charge in [-0.3, -0.25) is 4.79 Å². The van der Waals surface area contributed by atoms with Gasteiger partial charge in [0.1, 0.15) is 5.75 Å². The summed E-state index contributed by atoms with van der Waals surface area (Å²) in [5, 5.41) is 12.6. The molecule has 1 aromatic heterocycles. The van der Waals surface area contributed by atoms with Gasteiger partial charge in [0.2, 0.25) is 0 Å². The third-order valence-electron chi connectivity index (χ3n) is 2.25. The number of aryl methyl sites for hydroxylation is 1. The van der Waals surface area contributed by atoms with E-state index in [4.69, 9.17) is 9.63 Å². The van der Waals surface area contributed by atoms with E-state index < -0.39 is 5.97 Å². The molecule has 1 N–H and O–H groups in total. The van der Waals surface area contributed by atoms with Crippen LogP contribution >= 0.6 is 11.8 Å². The highest BCUT2D eigenvalue weighted by Gasteiger charge is 2.09. The molecule has 0 aliphatic heterocycles. The number of carboxylic acid groups (broad SMARTS) is 1. The summed E-state index contributed by atoms with van der Waals surface area (Å²) in [6.07, 6.45) is 0.581. The van der Waals surface area contributed by atoms with Crippen molar-refractivity contribution in [1.82, 2.24) is 10.1 Å². The molecule has 0 saturated carbocycles. The fourth-order valence-corrected chi connectivity index (χ4v) is 1.89. The minimum absolute atomic E-state index is 0.0772. The Morgan fingerprint density at radius 2 is 2.11 bits per heavy atom. The van der Waals surface area contributed by atoms with Crippen LogP contribution in [0, 0.1) is 6.92 Å². The van der Waals surface area contributed by atoms with Crippen molar-refractivity contribution < 1.29 is 14.4 Å². The molecule has 0 aliphatic carbocycles. The molecule has 18 heavy (non-hydrogen) atoms. The third kappa shape index (κ3) is 3.59. The van der Waals surface area contributed by atoms with Crippen molar-refractivity contribution in [3.8, 4) is 0 Å². The van der Waals surface area contributed by atoms with E-state index in [1.807, 2.05) is 31.2 Å². The second-order valence-corrected chi connectivity index (χ2v) is 4.75. The Labute approximate surface area is 108 Å². The number of hydrogen-bond donors (Lipinski definition) is 1. The van der Waals surface area contributed by atoms with Crippen molar-refractivity contribution in [2.24, 2.45) is 0 Å². The lowest BCUT2D eigenvalue weighted by Gasteiger charge is -1.96. The first-order chi connectivity index (χ1) is 8.63. The molecule has 2 rings (SSSR count). The van der Waals surface area contributed by atoms with Crippen LogP contribution in [-0.2, 0) is 11.2 Å². The van der Waals surface area contributed by atoms with Gasteiger partial charge in [-0.05, 0) is 12.5 Å². The van der Waals surface area contributed by atoms with Gasteiger partial charge in [-0.2, -0.15) is 4.98 Å². The van der Waals surface area contributed by atoms with E-state index in [-0.39, 0.29) is 5.75 Å². The highest BCUT2D eigenvalue weighted by atomic mass is 32.2. The van der Waals surface area contributed by atoms with E-state index in [9.17, 15) is 4.79 Å². The molecule has 0 amide bonds. The van der Waals surface area contributed by atoms with Gasteiger partial charge in [0.05, 0.1) is 0 Å². The van der Waals surface area contributed by atoms with Crippen LogP contribution in [0.5, 0.6) is 0 Å². The van der Waals surface area contributed by atoms with Crippen LogP contribution in [0.15, 0.2) is 34.0 Å². The molecular formula is C12H12N2O3S. The molecule has 0 atom stereocenters. The zero-order valence-corrected chi connectivity index (χ0v) is 10.6. The Morgan fingerprint density at radius 1 is 1.39 bits per heavy atom. The fourth-order valence-electron chi connectivity index (χ4n) is 1.38. The van der Waals surface area contributed by atoms with E-state index >= 15 is 0 Å². The Bertz CT molecular complexity index is 537. The predicted molar refractivity (Wildman–Crippen MR) is 66.6 cm³/mol. The van der Waals surface area contributed by atoms with Gasteiger partial charge < -0.3 is 9.63 Å². The number of aromatic nitrogens is 2. The molecular weight excluding hydrogens is 252 g/mol. The highest BCUT2D eigenvalue weighted by molar-refractivity contribution is 7.99. The highest BCUT2D eigenvalue weighted by Crippen LogP contribution is 2.16. The number of carbonyl (C=O) groups is 1. The van der Waals surface area contributed by atoms with Gasteiger partial charge >= 0.3 is 5.97 Å². The summed E-state index contributed by atoms with van der Waals surface area (Å²) in [6.45, 7) is 2.03. The number of aliphatic carboxylic acids is 1. The van der Waals surface area contributed by atoms with Gasteiger partial charge in [0.15, 0.2) is 5.82 Å². The SMILES string of the molecule is Cc1ccc(Cc2noc(SCC(=O)O)n2)cc1. The van der Waals surface area contributed by atoms with Crippen LogP contribution in [0.2, 0.25) is 0 Å². The van der Waals surface area contributed by atoms with E-state index in [2.05, 4.69) is 10.1 Å². The minimum Gasteiger partial charge on any atom is -0.481 e. The molecule has 1 heterocycles. The van der Waals surface area contributed by atoms with E-state index in [0.717, 1.165) is 17.3 Å². The molecule has 0 fully saturated rings. The molecule has 6 heteroatoms. The lowest BCUT2D eigenvalue weighted by Crippen LogP contribution is -1.97. The summed E-state index contributed by atoms with van der Waals surface area (Å²) >= 11 is 1.02. The fraction of sp³-hybridized carbons (Fsp3) is 0.250. The zero-order valence-electron chi connectivity index (χ0n) is 9.79. The summed E-state index contributed by atoms with van der Waals surface area (Å²) in [6, 6.07) is 8.07. The molecule has 0 aliphatic rings. The Kier molecular flexibility index (Phi) is 3.99. The van der Waals surface area contributed by atoms with Crippen LogP contribution in [-0.4, -0.2) is 27.0 Å². The summed E-state index contributed by atoms with van der Waals surface area (Å²) in [7, 11) is 0. The molecule has 0 radical (unpaired) electrons. The number of rotatable bonds is 5. The standard InChI is InChI=1S/C12H12N2O3S/c1-8-2-4-9(5-3-8)6-10-13-12(17-14-10)18-7-11(15)16/h2-5H,6-7H2,1H3,(H,15,16). The first kappa shape index (κ1) is 12.6. The normalized spacial score (nSPS) is 10.5. The largest absolute Gasteiger partial charge is 0.481 e. The van der Waals surface area contributed by atoms with Crippen molar-refractivity contribution in [3.63, 3.8) is 0 Å². The number of hydrogen-bond acceptors (Lipinski definition) is 5. The molecule has 0 unspecified atom stereocenters. The summed E-state index contributed by atoms with van der Waals surface area (Å²) in [5.74, 6) is -0.420. The first-order valence-corrected chi connectivity index (χ1v) is 6.35. The lowest BCUT2D eigenvalue weighted by molar-refractivity contribution is -0.133.